The molecule has 1 aromatic heterocycles. The number of hydrogen-bond acceptors (Lipinski definition) is 6. The third-order valence-electron chi connectivity index (χ3n) is 5.57. The number of amides is 4. The van der Waals surface area contributed by atoms with Crippen LogP contribution >= 0.6 is 11.3 Å². The van der Waals surface area contributed by atoms with Gasteiger partial charge in [0.15, 0.2) is 6.61 Å². The van der Waals surface area contributed by atoms with Crippen LogP contribution in [0.15, 0.2) is 36.4 Å². The zero-order valence-electron chi connectivity index (χ0n) is 17.6. The zero-order chi connectivity index (χ0) is 22.5. The molecule has 0 bridgehead atoms. The Bertz CT molecular complexity index is 1010. The summed E-state index contributed by atoms with van der Waals surface area (Å²) in [7, 11) is 0. The number of imide groups is 1. The van der Waals surface area contributed by atoms with E-state index in [1.165, 1.54) is 11.3 Å². The number of hydrogen-bond donors (Lipinski definition) is 2. The van der Waals surface area contributed by atoms with Crippen molar-refractivity contribution in [2.24, 2.45) is 0 Å². The van der Waals surface area contributed by atoms with Crippen molar-refractivity contribution in [1.82, 2.24) is 15.5 Å². The normalized spacial score (nSPS) is 18.8. The van der Waals surface area contributed by atoms with E-state index in [0.717, 1.165) is 42.8 Å². The SMILES string of the molecule is O=C1CC[C@H](NC(=O)c2sc(-c3ccccc3)cc2OCC(=O)N2CCCCC2)C(=O)N1. The Morgan fingerprint density at radius 1 is 1.12 bits per heavy atom. The first-order valence-electron chi connectivity index (χ1n) is 10.8. The van der Waals surface area contributed by atoms with Crippen LogP contribution < -0.4 is 15.4 Å². The monoisotopic (exact) mass is 455 g/mol. The van der Waals surface area contributed by atoms with E-state index >= 15 is 0 Å². The summed E-state index contributed by atoms with van der Waals surface area (Å²) in [6.07, 6.45) is 3.52. The van der Waals surface area contributed by atoms with Crippen LogP contribution in [-0.4, -0.2) is 54.3 Å². The van der Waals surface area contributed by atoms with E-state index in [9.17, 15) is 19.2 Å². The Kier molecular flexibility index (Phi) is 6.84. The molecule has 168 valence electrons. The fourth-order valence-electron chi connectivity index (χ4n) is 3.81. The fraction of sp³-hybridized carbons (Fsp3) is 0.391. The molecule has 1 atom stereocenters. The molecule has 0 saturated carbocycles. The second kappa shape index (κ2) is 9.95. The van der Waals surface area contributed by atoms with Gasteiger partial charge in [-0.25, -0.2) is 0 Å². The molecule has 2 aromatic rings. The molecule has 9 heteroatoms. The molecule has 2 N–H and O–H groups in total. The number of likely N-dealkylation sites (tertiary alicyclic amines) is 1. The average molecular weight is 456 g/mol. The van der Waals surface area contributed by atoms with Gasteiger partial charge in [0, 0.05) is 24.4 Å². The maximum absolute atomic E-state index is 13.0. The third-order valence-corrected chi connectivity index (χ3v) is 6.73. The van der Waals surface area contributed by atoms with Gasteiger partial charge in [-0.05, 0) is 37.3 Å². The highest BCUT2D eigenvalue weighted by atomic mass is 32.1. The topological polar surface area (TPSA) is 105 Å². The van der Waals surface area contributed by atoms with Crippen LogP contribution in [0.4, 0.5) is 0 Å². The molecule has 2 saturated heterocycles. The van der Waals surface area contributed by atoms with Gasteiger partial charge in [-0.1, -0.05) is 30.3 Å². The van der Waals surface area contributed by atoms with Crippen molar-refractivity contribution in [3.63, 3.8) is 0 Å². The highest BCUT2D eigenvalue weighted by molar-refractivity contribution is 7.17. The highest BCUT2D eigenvalue weighted by Gasteiger charge is 2.30. The number of nitrogens with one attached hydrogen (secondary N) is 2. The van der Waals surface area contributed by atoms with Crippen LogP contribution in [0, 0.1) is 0 Å². The molecule has 3 heterocycles. The van der Waals surface area contributed by atoms with E-state index in [4.69, 9.17) is 4.74 Å². The van der Waals surface area contributed by atoms with E-state index in [0.29, 0.717) is 10.6 Å². The number of benzene rings is 1. The van der Waals surface area contributed by atoms with Crippen LogP contribution in [0.25, 0.3) is 10.4 Å². The van der Waals surface area contributed by atoms with Gasteiger partial charge in [0.25, 0.3) is 11.8 Å². The summed E-state index contributed by atoms with van der Waals surface area (Å²) in [4.78, 5) is 51.9. The number of thiophene rings is 1. The largest absolute Gasteiger partial charge is 0.482 e. The second-order valence-electron chi connectivity index (χ2n) is 7.88. The van der Waals surface area contributed by atoms with Crippen LogP contribution in [-0.2, 0) is 14.4 Å². The van der Waals surface area contributed by atoms with E-state index < -0.39 is 17.9 Å². The zero-order valence-corrected chi connectivity index (χ0v) is 18.4. The Morgan fingerprint density at radius 2 is 1.88 bits per heavy atom. The molecule has 1 aromatic carbocycles. The summed E-state index contributed by atoms with van der Waals surface area (Å²) in [5.41, 5.74) is 0.921. The molecule has 4 amide bonds. The number of carbonyl (C=O) groups is 4. The molecule has 0 radical (unpaired) electrons. The number of piperidine rings is 2. The van der Waals surface area contributed by atoms with Gasteiger partial charge in [0.05, 0.1) is 0 Å². The summed E-state index contributed by atoms with van der Waals surface area (Å²) in [6, 6.07) is 10.5. The summed E-state index contributed by atoms with van der Waals surface area (Å²) < 4.78 is 5.81. The Hall–Kier alpha value is -3.20. The molecule has 2 aliphatic rings. The smallest absolute Gasteiger partial charge is 0.265 e. The lowest BCUT2D eigenvalue weighted by atomic mass is 10.1. The molecule has 8 nitrogen and oxygen atoms in total. The van der Waals surface area contributed by atoms with Crippen LogP contribution in [0.1, 0.15) is 41.8 Å². The number of rotatable bonds is 6. The van der Waals surface area contributed by atoms with Gasteiger partial charge in [-0.15, -0.1) is 11.3 Å². The van der Waals surface area contributed by atoms with Crippen molar-refractivity contribution >= 4 is 35.0 Å². The van der Waals surface area contributed by atoms with E-state index in [1.807, 2.05) is 30.3 Å². The maximum Gasteiger partial charge on any atom is 0.265 e. The molecule has 2 aliphatic heterocycles. The lowest BCUT2D eigenvalue weighted by molar-refractivity contribution is -0.135. The van der Waals surface area contributed by atoms with E-state index in [2.05, 4.69) is 10.6 Å². The molecule has 0 aliphatic carbocycles. The van der Waals surface area contributed by atoms with Gasteiger partial charge in [-0.2, -0.15) is 0 Å². The van der Waals surface area contributed by atoms with Crippen LogP contribution in [0.3, 0.4) is 0 Å². The standard InChI is InChI=1S/C23H25N3O5S/c27-19-10-9-16(22(29)25-19)24-23(30)21-17(13-18(32-21)15-7-3-1-4-8-15)31-14-20(28)26-11-5-2-6-12-26/h1,3-4,7-8,13,16H,2,5-6,9-12,14H2,(H,24,30)(H,25,27,29)/t16-/m0/s1. The molecular formula is C23H25N3O5S. The predicted octanol–water partition coefficient (Wildman–Crippen LogP) is 2.34. The number of nitrogens with zero attached hydrogens (tertiary/aromatic N) is 1. The maximum atomic E-state index is 13.0. The van der Waals surface area contributed by atoms with Crippen LogP contribution in [0.5, 0.6) is 5.75 Å². The summed E-state index contributed by atoms with van der Waals surface area (Å²) in [5.74, 6) is -1.12. The first-order chi connectivity index (χ1) is 15.5. The van der Waals surface area contributed by atoms with Crippen molar-refractivity contribution in [3.8, 4) is 16.2 Å². The molecule has 2 fully saturated rings. The molecule has 0 spiro atoms. The molecular weight excluding hydrogens is 430 g/mol. The minimum Gasteiger partial charge on any atom is -0.482 e. The predicted molar refractivity (Wildman–Crippen MR) is 119 cm³/mol. The first-order valence-corrected chi connectivity index (χ1v) is 11.6. The van der Waals surface area contributed by atoms with Gasteiger partial charge < -0.3 is 15.0 Å². The van der Waals surface area contributed by atoms with Crippen molar-refractivity contribution in [2.45, 2.75) is 38.1 Å². The summed E-state index contributed by atoms with van der Waals surface area (Å²) in [5, 5.41) is 4.93. The van der Waals surface area contributed by atoms with Gasteiger partial charge >= 0.3 is 0 Å². The molecule has 0 unspecified atom stereocenters. The minimum absolute atomic E-state index is 0.103. The van der Waals surface area contributed by atoms with Gasteiger partial charge in [0.1, 0.15) is 16.7 Å². The Balaban J connectivity index is 1.52. The number of carbonyl (C=O) groups excluding carboxylic acids is 4. The lowest BCUT2D eigenvalue weighted by Gasteiger charge is -2.26. The third kappa shape index (κ3) is 5.16. The molecule has 32 heavy (non-hydrogen) atoms. The van der Waals surface area contributed by atoms with E-state index in [-0.39, 0.29) is 31.3 Å². The van der Waals surface area contributed by atoms with Gasteiger partial charge in [-0.3, -0.25) is 24.5 Å². The first kappa shape index (κ1) is 22.0. The lowest BCUT2D eigenvalue weighted by Crippen LogP contribution is -2.52. The highest BCUT2D eigenvalue weighted by Crippen LogP contribution is 2.36. The van der Waals surface area contributed by atoms with E-state index in [1.54, 1.807) is 11.0 Å². The summed E-state index contributed by atoms with van der Waals surface area (Å²) >= 11 is 1.24. The molecule has 4 rings (SSSR count). The summed E-state index contributed by atoms with van der Waals surface area (Å²) in [6.45, 7) is 1.30. The van der Waals surface area contributed by atoms with Crippen molar-refractivity contribution in [2.75, 3.05) is 19.7 Å². The quantitative estimate of drug-likeness (QED) is 0.651. The minimum atomic E-state index is -0.787. The Morgan fingerprint density at radius 3 is 2.59 bits per heavy atom. The number of ether oxygens (including phenoxy) is 1. The fourth-order valence-corrected chi connectivity index (χ4v) is 4.82. The average Bonchev–Trinajstić information content (AvgIpc) is 3.25. The van der Waals surface area contributed by atoms with Crippen molar-refractivity contribution < 1.29 is 23.9 Å². The Labute approximate surface area is 189 Å². The van der Waals surface area contributed by atoms with Crippen molar-refractivity contribution in [1.29, 1.82) is 0 Å². The van der Waals surface area contributed by atoms with Gasteiger partial charge in [0.2, 0.25) is 11.8 Å². The van der Waals surface area contributed by atoms with Crippen molar-refractivity contribution in [3.05, 3.63) is 41.3 Å². The second-order valence-corrected chi connectivity index (χ2v) is 8.93. The van der Waals surface area contributed by atoms with Crippen LogP contribution in [0.2, 0.25) is 0 Å².